The van der Waals surface area contributed by atoms with Crippen LogP contribution in [0.2, 0.25) is 18.1 Å². The fourth-order valence-corrected chi connectivity index (χ4v) is 3.39. The summed E-state index contributed by atoms with van der Waals surface area (Å²) in [5, 5.41) is 8.82. The van der Waals surface area contributed by atoms with Gasteiger partial charge in [-0.15, -0.1) is 0 Å². The second-order valence-corrected chi connectivity index (χ2v) is 12.6. The molecule has 0 aromatic carbocycles. The number of carboxylic acid groups (broad SMARTS) is 1. The maximum Gasteiger partial charge on any atom is 0.310 e. The first-order chi connectivity index (χ1) is 10.4. The van der Waals surface area contributed by atoms with Gasteiger partial charge in [0.15, 0.2) is 8.32 Å². The Balaban J connectivity index is 2.54. The highest BCUT2D eigenvalue weighted by Crippen LogP contribution is 2.36. The Bertz CT molecular complexity index is 483. The van der Waals surface area contributed by atoms with E-state index in [9.17, 15) is 14.4 Å². The lowest BCUT2D eigenvalue weighted by atomic mass is 9.86. The summed E-state index contributed by atoms with van der Waals surface area (Å²) in [6.45, 7) is 13.4. The van der Waals surface area contributed by atoms with Gasteiger partial charge < -0.3 is 14.4 Å². The van der Waals surface area contributed by atoms with E-state index >= 15 is 0 Å². The van der Waals surface area contributed by atoms with Crippen molar-refractivity contribution in [3.8, 4) is 0 Å². The van der Waals surface area contributed by atoms with Crippen molar-refractivity contribution in [2.75, 3.05) is 13.2 Å². The lowest BCUT2D eigenvalue weighted by molar-refractivity contribution is -0.152. The Morgan fingerprint density at radius 3 is 2.39 bits per heavy atom. The molecule has 1 N–H and O–H groups in total. The van der Waals surface area contributed by atoms with E-state index in [0.717, 1.165) is 0 Å². The van der Waals surface area contributed by atoms with Crippen molar-refractivity contribution in [2.24, 2.45) is 5.92 Å². The molecule has 0 aromatic rings. The maximum absolute atomic E-state index is 11.9. The van der Waals surface area contributed by atoms with E-state index in [1.807, 2.05) is 0 Å². The van der Waals surface area contributed by atoms with E-state index in [2.05, 4.69) is 33.9 Å². The first-order valence-corrected chi connectivity index (χ1v) is 11.0. The number of carbonyl (C=O) groups is 3. The number of β-lactam (4-membered cyclic amide) rings is 1. The van der Waals surface area contributed by atoms with E-state index in [0.29, 0.717) is 19.6 Å². The third-order valence-corrected chi connectivity index (χ3v) is 9.65. The van der Waals surface area contributed by atoms with Gasteiger partial charge in [0.05, 0.1) is 6.61 Å². The summed E-state index contributed by atoms with van der Waals surface area (Å²) in [6.07, 6.45) is -0.174. The Hall–Kier alpha value is -1.21. The Labute approximate surface area is 139 Å². The maximum atomic E-state index is 11.9. The number of nitrogens with zero attached hydrogens (tertiary/aromatic N) is 1. The fourth-order valence-electron chi connectivity index (χ4n) is 2.36. The number of carbonyl (C=O) groups excluding carboxylic acids is 2. The first kappa shape index (κ1) is 19.8. The van der Waals surface area contributed by atoms with Gasteiger partial charge in [-0.1, -0.05) is 27.7 Å². The molecule has 0 aliphatic carbocycles. The van der Waals surface area contributed by atoms with Crippen LogP contribution in [-0.2, 0) is 18.8 Å². The zero-order valence-corrected chi connectivity index (χ0v) is 16.0. The monoisotopic (exact) mass is 343 g/mol. The van der Waals surface area contributed by atoms with Crippen LogP contribution in [0.15, 0.2) is 0 Å². The number of carboxylic acids is 1. The molecule has 1 aliphatic rings. The molecule has 0 saturated carbocycles. The van der Waals surface area contributed by atoms with Crippen molar-refractivity contribution < 1.29 is 23.9 Å². The molecule has 2 unspecified atom stereocenters. The Morgan fingerprint density at radius 2 is 1.96 bits per heavy atom. The van der Waals surface area contributed by atoms with Crippen LogP contribution in [0.5, 0.6) is 0 Å². The number of hydrogen-bond acceptors (Lipinski definition) is 4. The number of hydrogen-bond donors (Lipinski definition) is 1. The molecular formula is C16H29NO5Si. The van der Waals surface area contributed by atoms with Crippen LogP contribution in [0.3, 0.4) is 0 Å². The number of Topliss-reactive ketones (excluding diaryl/α,β-unsaturated/α-hetero) is 1. The van der Waals surface area contributed by atoms with Crippen molar-refractivity contribution >= 4 is 26.0 Å². The molecule has 0 bridgehead atoms. The quantitative estimate of drug-likeness (QED) is 0.415. The van der Waals surface area contributed by atoms with Crippen LogP contribution in [0.4, 0.5) is 0 Å². The van der Waals surface area contributed by atoms with E-state index in [1.54, 1.807) is 11.8 Å². The average molecular weight is 343 g/mol. The van der Waals surface area contributed by atoms with Gasteiger partial charge in [0.1, 0.15) is 12.2 Å². The van der Waals surface area contributed by atoms with Gasteiger partial charge in [-0.3, -0.25) is 14.4 Å². The van der Waals surface area contributed by atoms with Gasteiger partial charge in [0.2, 0.25) is 5.91 Å². The number of ketones is 1. The zero-order valence-electron chi connectivity index (χ0n) is 15.0. The van der Waals surface area contributed by atoms with Crippen LogP contribution in [0, 0.1) is 5.92 Å². The SMILES string of the molecule is CC(C(=O)CC(=O)O)C1CC(=O)N1CCO[Si](C)(C)C(C)(C)C. The minimum Gasteiger partial charge on any atom is -0.481 e. The molecule has 2 atom stereocenters. The largest absolute Gasteiger partial charge is 0.481 e. The summed E-state index contributed by atoms with van der Waals surface area (Å²) in [5.41, 5.74) is 0. The van der Waals surface area contributed by atoms with E-state index < -0.39 is 26.6 Å². The summed E-state index contributed by atoms with van der Waals surface area (Å²) in [6, 6.07) is -0.197. The molecule has 1 fully saturated rings. The molecule has 23 heavy (non-hydrogen) atoms. The van der Waals surface area contributed by atoms with Gasteiger partial charge in [0, 0.05) is 24.9 Å². The van der Waals surface area contributed by atoms with Gasteiger partial charge in [-0.25, -0.2) is 0 Å². The van der Waals surface area contributed by atoms with Crippen LogP contribution in [0.1, 0.15) is 40.5 Å². The molecule has 1 saturated heterocycles. The van der Waals surface area contributed by atoms with Crippen LogP contribution in [-0.4, -0.2) is 55.2 Å². The highest BCUT2D eigenvalue weighted by atomic mass is 28.4. The van der Waals surface area contributed by atoms with Gasteiger partial charge in [-0.05, 0) is 18.1 Å². The number of amides is 1. The van der Waals surface area contributed by atoms with Gasteiger partial charge >= 0.3 is 5.97 Å². The minimum absolute atomic E-state index is 0.00352. The van der Waals surface area contributed by atoms with Crippen LogP contribution in [0.25, 0.3) is 0 Å². The lowest BCUT2D eigenvalue weighted by Crippen LogP contribution is -2.58. The van der Waals surface area contributed by atoms with Crippen molar-refractivity contribution in [3.63, 3.8) is 0 Å². The second-order valence-electron chi connectivity index (χ2n) is 7.79. The van der Waals surface area contributed by atoms with Gasteiger partial charge in [-0.2, -0.15) is 0 Å². The molecule has 0 spiro atoms. The van der Waals surface area contributed by atoms with E-state index in [1.165, 1.54) is 0 Å². The molecule has 1 aliphatic heterocycles. The van der Waals surface area contributed by atoms with E-state index in [-0.39, 0.29) is 22.8 Å². The third kappa shape index (κ3) is 4.88. The molecule has 0 aromatic heterocycles. The highest BCUT2D eigenvalue weighted by Gasteiger charge is 2.43. The topological polar surface area (TPSA) is 83.9 Å². The van der Waals surface area contributed by atoms with Crippen LogP contribution >= 0.6 is 0 Å². The van der Waals surface area contributed by atoms with E-state index in [4.69, 9.17) is 9.53 Å². The highest BCUT2D eigenvalue weighted by molar-refractivity contribution is 6.74. The van der Waals surface area contributed by atoms with Crippen LogP contribution < -0.4 is 0 Å². The lowest BCUT2D eigenvalue weighted by Gasteiger charge is -2.44. The molecule has 1 rings (SSSR count). The summed E-state index contributed by atoms with van der Waals surface area (Å²) in [7, 11) is -1.86. The molecule has 1 heterocycles. The molecule has 6 nitrogen and oxygen atoms in total. The molecule has 0 radical (unpaired) electrons. The summed E-state index contributed by atoms with van der Waals surface area (Å²) in [4.78, 5) is 36.0. The van der Waals surface area contributed by atoms with Crippen molar-refractivity contribution in [1.29, 1.82) is 0 Å². The predicted molar refractivity (Wildman–Crippen MR) is 89.7 cm³/mol. The number of rotatable bonds is 8. The number of aliphatic carboxylic acids is 1. The molecular weight excluding hydrogens is 314 g/mol. The zero-order chi connectivity index (χ0) is 18.0. The average Bonchev–Trinajstić information content (AvgIpc) is 2.37. The first-order valence-electron chi connectivity index (χ1n) is 8.05. The molecule has 7 heteroatoms. The minimum atomic E-state index is -1.86. The summed E-state index contributed by atoms with van der Waals surface area (Å²) >= 11 is 0. The third-order valence-electron chi connectivity index (χ3n) is 5.12. The standard InChI is InChI=1S/C16H29NO5Si/c1-11(13(18)10-15(20)21)12-9-14(19)17(12)7-8-22-23(5,6)16(2,3)4/h11-12H,7-10H2,1-6H3,(H,20,21). The predicted octanol–water partition coefficient (Wildman–Crippen LogP) is 2.29. The second kappa shape index (κ2) is 7.13. The summed E-state index contributed by atoms with van der Waals surface area (Å²) < 4.78 is 6.07. The van der Waals surface area contributed by atoms with Crippen molar-refractivity contribution in [2.45, 2.75) is 64.7 Å². The Morgan fingerprint density at radius 1 is 1.39 bits per heavy atom. The Kier molecular flexibility index (Phi) is 6.15. The van der Waals surface area contributed by atoms with Crippen molar-refractivity contribution in [3.05, 3.63) is 0 Å². The van der Waals surface area contributed by atoms with Gasteiger partial charge in [0.25, 0.3) is 0 Å². The molecule has 132 valence electrons. The van der Waals surface area contributed by atoms with Crippen molar-refractivity contribution in [1.82, 2.24) is 4.90 Å². The molecule has 1 amide bonds. The fraction of sp³-hybridized carbons (Fsp3) is 0.812. The smallest absolute Gasteiger partial charge is 0.310 e. The summed E-state index contributed by atoms with van der Waals surface area (Å²) in [5.74, 6) is -1.90. The normalized spacial score (nSPS) is 20.2. The number of likely N-dealkylation sites (tertiary alicyclic amines) is 1.